The molecule has 0 spiro atoms. The van der Waals surface area contributed by atoms with Gasteiger partial charge in [-0.05, 0) is 32.0 Å². The largest absolute Gasteiger partial charge is 0.459 e. The number of carbonyl (C=O) groups is 2. The van der Waals surface area contributed by atoms with Crippen LogP contribution in [0.5, 0.6) is 0 Å². The molecular formula is C15H14ClNO5. The average molecular weight is 324 g/mol. The van der Waals surface area contributed by atoms with E-state index in [1.165, 1.54) is 44.2 Å². The van der Waals surface area contributed by atoms with Gasteiger partial charge in [0.25, 0.3) is 0 Å². The maximum absolute atomic E-state index is 12.1. The number of hydrogen-bond acceptors (Lipinski definition) is 6. The van der Waals surface area contributed by atoms with Gasteiger partial charge in [0.1, 0.15) is 6.61 Å². The van der Waals surface area contributed by atoms with Gasteiger partial charge in [-0.2, -0.15) is 4.99 Å². The minimum Gasteiger partial charge on any atom is -0.459 e. The van der Waals surface area contributed by atoms with Crippen LogP contribution in [0, 0.1) is 0 Å². The molecule has 0 aliphatic rings. The predicted octanol–water partition coefficient (Wildman–Crippen LogP) is 2.97. The molecule has 7 heteroatoms. The molecular weight excluding hydrogens is 310 g/mol. The molecule has 0 atom stereocenters. The molecule has 1 rings (SSSR count). The fraction of sp³-hybridized carbons (Fsp3) is 0.267. The summed E-state index contributed by atoms with van der Waals surface area (Å²) in [5, 5.41) is 0.102. The monoisotopic (exact) mass is 323 g/mol. The molecule has 1 aromatic rings. The lowest BCUT2D eigenvalue weighted by Crippen LogP contribution is -2.38. The minimum absolute atomic E-state index is 0.00407. The average Bonchev–Trinajstić information content (AvgIpc) is 2.46. The van der Waals surface area contributed by atoms with Crippen LogP contribution in [0.25, 0.3) is 0 Å². The Morgan fingerprint density at radius 1 is 1.45 bits per heavy atom. The lowest BCUT2D eigenvalue weighted by molar-refractivity contribution is -0.161. The van der Waals surface area contributed by atoms with Crippen LogP contribution in [0.4, 0.5) is 5.69 Å². The van der Waals surface area contributed by atoms with E-state index in [1.54, 1.807) is 0 Å². The van der Waals surface area contributed by atoms with Crippen molar-refractivity contribution in [2.45, 2.75) is 19.4 Å². The molecule has 6 nitrogen and oxygen atoms in total. The quantitative estimate of drug-likeness (QED) is 0.348. The number of rotatable bonds is 6. The SMILES string of the molecule is C=CCOC(=O)C(C)(C)OC(=O)c1cc(N=C=O)ccc1Cl. The molecule has 0 saturated carbocycles. The molecule has 0 amide bonds. The molecule has 116 valence electrons. The van der Waals surface area contributed by atoms with Crippen LogP contribution in [0.3, 0.4) is 0 Å². The zero-order valence-electron chi connectivity index (χ0n) is 12.1. The van der Waals surface area contributed by atoms with Gasteiger partial charge in [0.05, 0.1) is 16.3 Å². The Morgan fingerprint density at radius 3 is 2.73 bits per heavy atom. The van der Waals surface area contributed by atoms with E-state index in [0.717, 1.165) is 0 Å². The highest BCUT2D eigenvalue weighted by Gasteiger charge is 2.34. The van der Waals surface area contributed by atoms with Crippen molar-refractivity contribution in [3.8, 4) is 0 Å². The number of halogens is 1. The smallest absolute Gasteiger partial charge is 0.350 e. The molecule has 0 radical (unpaired) electrons. The van der Waals surface area contributed by atoms with Crippen molar-refractivity contribution in [2.75, 3.05) is 6.61 Å². The lowest BCUT2D eigenvalue weighted by Gasteiger charge is -2.23. The van der Waals surface area contributed by atoms with E-state index in [1.807, 2.05) is 0 Å². The second-order valence-corrected chi connectivity index (χ2v) is 5.06. The van der Waals surface area contributed by atoms with E-state index >= 15 is 0 Å². The van der Waals surface area contributed by atoms with Crippen LogP contribution in [0.1, 0.15) is 24.2 Å². The number of benzene rings is 1. The topological polar surface area (TPSA) is 82.0 Å². The Hall–Kier alpha value is -2.43. The van der Waals surface area contributed by atoms with E-state index in [0.29, 0.717) is 0 Å². The van der Waals surface area contributed by atoms with Gasteiger partial charge in [0.15, 0.2) is 0 Å². The molecule has 1 aromatic carbocycles. The second-order valence-electron chi connectivity index (χ2n) is 4.65. The number of hydrogen-bond donors (Lipinski definition) is 0. The Labute approximate surface area is 132 Å². The van der Waals surface area contributed by atoms with Crippen molar-refractivity contribution < 1.29 is 23.9 Å². The Balaban J connectivity index is 2.96. The van der Waals surface area contributed by atoms with E-state index in [2.05, 4.69) is 11.6 Å². The molecule has 0 heterocycles. The molecule has 0 fully saturated rings. The van der Waals surface area contributed by atoms with Crippen molar-refractivity contribution in [3.05, 3.63) is 41.4 Å². The standard InChI is InChI=1S/C15H14ClNO5/c1-4-7-21-14(20)15(2,3)22-13(19)11-8-10(17-9-18)5-6-12(11)16/h4-6,8H,1,7H2,2-3H3. The molecule has 22 heavy (non-hydrogen) atoms. The molecule has 0 unspecified atom stereocenters. The fourth-order valence-electron chi connectivity index (χ4n) is 1.43. The summed E-state index contributed by atoms with van der Waals surface area (Å²) in [6.07, 6.45) is 2.75. The maximum atomic E-state index is 12.1. The first kappa shape index (κ1) is 17.6. The van der Waals surface area contributed by atoms with Crippen LogP contribution in [0.15, 0.2) is 35.8 Å². The van der Waals surface area contributed by atoms with Gasteiger partial charge in [-0.15, -0.1) is 0 Å². The van der Waals surface area contributed by atoms with Gasteiger partial charge < -0.3 is 9.47 Å². The van der Waals surface area contributed by atoms with Crippen molar-refractivity contribution in [1.82, 2.24) is 0 Å². The summed E-state index contributed by atoms with van der Waals surface area (Å²) >= 11 is 5.91. The molecule has 0 N–H and O–H groups in total. The first-order chi connectivity index (χ1) is 10.3. The Kier molecular flexibility index (Phi) is 6.04. The van der Waals surface area contributed by atoms with E-state index < -0.39 is 17.5 Å². The summed E-state index contributed by atoms with van der Waals surface area (Å²) in [5.74, 6) is -1.56. The number of aliphatic imine (C=N–C) groups is 1. The molecule has 0 aliphatic carbocycles. The second kappa shape index (κ2) is 7.54. The van der Waals surface area contributed by atoms with Crippen molar-refractivity contribution in [1.29, 1.82) is 0 Å². The number of ether oxygens (including phenoxy) is 2. The van der Waals surface area contributed by atoms with Crippen molar-refractivity contribution >= 4 is 35.3 Å². The van der Waals surface area contributed by atoms with Gasteiger partial charge in [-0.3, -0.25) is 0 Å². The van der Waals surface area contributed by atoms with Gasteiger partial charge in [0, 0.05) is 0 Å². The summed E-state index contributed by atoms with van der Waals surface area (Å²) < 4.78 is 9.97. The Morgan fingerprint density at radius 2 is 2.14 bits per heavy atom. The summed E-state index contributed by atoms with van der Waals surface area (Å²) in [6, 6.07) is 4.09. The molecule has 0 aliphatic heterocycles. The molecule has 0 aromatic heterocycles. The van der Waals surface area contributed by atoms with Crippen LogP contribution < -0.4 is 0 Å². The fourth-order valence-corrected chi connectivity index (χ4v) is 1.62. The van der Waals surface area contributed by atoms with Gasteiger partial charge in [-0.25, -0.2) is 14.4 Å². The van der Waals surface area contributed by atoms with E-state index in [9.17, 15) is 14.4 Å². The highest BCUT2D eigenvalue weighted by Crippen LogP contribution is 2.25. The summed E-state index contributed by atoms with van der Waals surface area (Å²) in [5.41, 5.74) is -1.34. The highest BCUT2D eigenvalue weighted by molar-refractivity contribution is 6.33. The van der Waals surface area contributed by atoms with Crippen LogP contribution in [-0.4, -0.2) is 30.2 Å². The maximum Gasteiger partial charge on any atom is 0.350 e. The minimum atomic E-state index is -1.51. The van der Waals surface area contributed by atoms with Crippen LogP contribution in [-0.2, 0) is 19.1 Å². The van der Waals surface area contributed by atoms with Crippen molar-refractivity contribution in [2.24, 2.45) is 4.99 Å². The number of carbonyl (C=O) groups excluding carboxylic acids is 3. The Bertz CT molecular complexity index is 647. The van der Waals surface area contributed by atoms with E-state index in [4.69, 9.17) is 21.1 Å². The lowest BCUT2D eigenvalue weighted by atomic mass is 10.1. The zero-order valence-corrected chi connectivity index (χ0v) is 12.8. The third-order valence-electron chi connectivity index (χ3n) is 2.52. The first-order valence-electron chi connectivity index (χ1n) is 6.20. The highest BCUT2D eigenvalue weighted by atomic mass is 35.5. The van der Waals surface area contributed by atoms with Crippen LogP contribution in [0.2, 0.25) is 5.02 Å². The van der Waals surface area contributed by atoms with Gasteiger partial charge >= 0.3 is 11.9 Å². The molecule has 0 saturated heterocycles. The first-order valence-corrected chi connectivity index (χ1v) is 6.58. The van der Waals surface area contributed by atoms with Crippen LogP contribution >= 0.6 is 11.6 Å². The number of isocyanates is 1. The zero-order chi connectivity index (χ0) is 16.8. The molecule has 0 bridgehead atoms. The van der Waals surface area contributed by atoms with Crippen molar-refractivity contribution in [3.63, 3.8) is 0 Å². The van der Waals surface area contributed by atoms with Gasteiger partial charge in [-0.1, -0.05) is 24.3 Å². The predicted molar refractivity (Wildman–Crippen MR) is 79.9 cm³/mol. The third-order valence-corrected chi connectivity index (χ3v) is 2.85. The van der Waals surface area contributed by atoms with E-state index in [-0.39, 0.29) is 22.9 Å². The summed E-state index contributed by atoms with van der Waals surface area (Å²) in [4.78, 5) is 37.6. The number of esters is 2. The summed E-state index contributed by atoms with van der Waals surface area (Å²) in [6.45, 7) is 6.19. The normalized spacial score (nSPS) is 10.3. The number of nitrogens with zero attached hydrogens (tertiary/aromatic N) is 1. The van der Waals surface area contributed by atoms with Gasteiger partial charge in [0.2, 0.25) is 11.7 Å². The third kappa shape index (κ3) is 4.55. The summed E-state index contributed by atoms with van der Waals surface area (Å²) in [7, 11) is 0.